The SMILES string of the molecule is CCNC(=NCC1CCCO1)NCC1CCOc2ccccc21. The van der Waals surface area contributed by atoms with Gasteiger partial charge in [-0.15, -0.1) is 0 Å². The van der Waals surface area contributed by atoms with Gasteiger partial charge in [0.15, 0.2) is 5.96 Å². The molecule has 0 amide bonds. The van der Waals surface area contributed by atoms with Crippen molar-refractivity contribution in [1.29, 1.82) is 0 Å². The van der Waals surface area contributed by atoms with Crippen LogP contribution in [0, 0.1) is 0 Å². The highest BCUT2D eigenvalue weighted by atomic mass is 16.5. The maximum Gasteiger partial charge on any atom is 0.191 e. The van der Waals surface area contributed by atoms with Gasteiger partial charge in [-0.05, 0) is 37.8 Å². The smallest absolute Gasteiger partial charge is 0.191 e. The van der Waals surface area contributed by atoms with Gasteiger partial charge in [0.2, 0.25) is 0 Å². The van der Waals surface area contributed by atoms with E-state index >= 15 is 0 Å². The average molecular weight is 317 g/mol. The average Bonchev–Trinajstić information content (AvgIpc) is 3.11. The highest BCUT2D eigenvalue weighted by Gasteiger charge is 2.21. The molecular formula is C18H27N3O2. The Morgan fingerprint density at radius 2 is 2.13 bits per heavy atom. The molecule has 126 valence electrons. The Labute approximate surface area is 138 Å². The summed E-state index contributed by atoms with van der Waals surface area (Å²) in [5.41, 5.74) is 1.29. The molecule has 1 aromatic carbocycles. The molecule has 5 heteroatoms. The van der Waals surface area contributed by atoms with Crippen LogP contribution in [0.15, 0.2) is 29.3 Å². The van der Waals surface area contributed by atoms with Crippen LogP contribution in [-0.4, -0.2) is 44.9 Å². The summed E-state index contributed by atoms with van der Waals surface area (Å²) in [6.07, 6.45) is 3.60. The predicted molar refractivity (Wildman–Crippen MR) is 92.3 cm³/mol. The number of nitrogens with zero attached hydrogens (tertiary/aromatic N) is 1. The lowest BCUT2D eigenvalue weighted by atomic mass is 9.93. The number of nitrogens with one attached hydrogen (secondary N) is 2. The van der Waals surface area contributed by atoms with Crippen molar-refractivity contribution in [3.05, 3.63) is 29.8 Å². The van der Waals surface area contributed by atoms with Crippen LogP contribution in [0.3, 0.4) is 0 Å². The summed E-state index contributed by atoms with van der Waals surface area (Å²) in [6.45, 7) is 6.22. The van der Waals surface area contributed by atoms with E-state index in [4.69, 9.17) is 9.47 Å². The van der Waals surface area contributed by atoms with E-state index in [1.54, 1.807) is 0 Å². The zero-order valence-electron chi connectivity index (χ0n) is 13.9. The first-order valence-electron chi connectivity index (χ1n) is 8.72. The third-order valence-electron chi connectivity index (χ3n) is 4.42. The van der Waals surface area contributed by atoms with Gasteiger partial charge in [0.1, 0.15) is 5.75 Å². The number of aliphatic imine (C=N–C) groups is 1. The van der Waals surface area contributed by atoms with Crippen molar-refractivity contribution in [2.45, 2.75) is 38.2 Å². The van der Waals surface area contributed by atoms with E-state index < -0.39 is 0 Å². The fourth-order valence-electron chi connectivity index (χ4n) is 3.17. The molecule has 0 bridgehead atoms. The second-order valence-corrected chi connectivity index (χ2v) is 6.11. The summed E-state index contributed by atoms with van der Waals surface area (Å²) >= 11 is 0. The Hall–Kier alpha value is -1.75. The van der Waals surface area contributed by atoms with E-state index in [0.29, 0.717) is 5.92 Å². The fourth-order valence-corrected chi connectivity index (χ4v) is 3.17. The van der Waals surface area contributed by atoms with E-state index in [2.05, 4.69) is 40.7 Å². The van der Waals surface area contributed by atoms with Crippen molar-refractivity contribution in [2.24, 2.45) is 4.99 Å². The molecule has 2 N–H and O–H groups in total. The minimum Gasteiger partial charge on any atom is -0.493 e. The lowest BCUT2D eigenvalue weighted by molar-refractivity contribution is 0.117. The first-order chi connectivity index (χ1) is 11.4. The first-order valence-corrected chi connectivity index (χ1v) is 8.72. The van der Waals surface area contributed by atoms with E-state index in [9.17, 15) is 0 Å². The number of guanidine groups is 1. The second-order valence-electron chi connectivity index (χ2n) is 6.11. The molecule has 1 fully saturated rings. The Bertz CT molecular complexity index is 527. The highest BCUT2D eigenvalue weighted by molar-refractivity contribution is 5.79. The number of benzene rings is 1. The maximum absolute atomic E-state index is 5.73. The van der Waals surface area contributed by atoms with Crippen LogP contribution in [0.5, 0.6) is 5.75 Å². The zero-order valence-corrected chi connectivity index (χ0v) is 13.9. The molecule has 2 aliphatic heterocycles. The topological polar surface area (TPSA) is 54.9 Å². The number of hydrogen-bond donors (Lipinski definition) is 2. The van der Waals surface area contributed by atoms with Crippen molar-refractivity contribution < 1.29 is 9.47 Å². The van der Waals surface area contributed by atoms with Gasteiger partial charge < -0.3 is 20.1 Å². The molecule has 0 saturated carbocycles. The Balaban J connectivity index is 1.57. The third-order valence-corrected chi connectivity index (χ3v) is 4.42. The van der Waals surface area contributed by atoms with Crippen molar-refractivity contribution >= 4 is 5.96 Å². The monoisotopic (exact) mass is 317 g/mol. The number of rotatable bonds is 5. The quantitative estimate of drug-likeness (QED) is 0.646. The summed E-state index contributed by atoms with van der Waals surface area (Å²) in [6, 6.07) is 8.33. The van der Waals surface area contributed by atoms with Crippen molar-refractivity contribution in [3.8, 4) is 5.75 Å². The van der Waals surface area contributed by atoms with E-state index in [0.717, 1.165) is 63.8 Å². The first kappa shape index (κ1) is 16.1. The lowest BCUT2D eigenvalue weighted by Crippen LogP contribution is -2.40. The number of ether oxygens (including phenoxy) is 2. The van der Waals surface area contributed by atoms with Crippen LogP contribution in [0.2, 0.25) is 0 Å². The summed E-state index contributed by atoms with van der Waals surface area (Å²) in [4.78, 5) is 4.67. The molecule has 3 rings (SSSR count). The van der Waals surface area contributed by atoms with E-state index in [1.807, 2.05) is 6.07 Å². The van der Waals surface area contributed by atoms with Gasteiger partial charge in [-0.1, -0.05) is 18.2 Å². The molecule has 0 radical (unpaired) electrons. The third kappa shape index (κ3) is 4.38. The van der Waals surface area contributed by atoms with Gasteiger partial charge in [0.05, 0.1) is 19.3 Å². The van der Waals surface area contributed by atoms with Crippen LogP contribution in [-0.2, 0) is 4.74 Å². The summed E-state index contributed by atoms with van der Waals surface area (Å²) < 4.78 is 11.4. The lowest BCUT2D eigenvalue weighted by Gasteiger charge is -2.26. The summed E-state index contributed by atoms with van der Waals surface area (Å²) in [5, 5.41) is 6.81. The normalized spacial score (nSPS) is 24.0. The fraction of sp³-hybridized carbons (Fsp3) is 0.611. The summed E-state index contributed by atoms with van der Waals surface area (Å²) in [5.74, 6) is 2.37. The zero-order chi connectivity index (χ0) is 15.9. The maximum atomic E-state index is 5.73. The molecule has 0 aromatic heterocycles. The molecule has 23 heavy (non-hydrogen) atoms. The van der Waals surface area contributed by atoms with Gasteiger partial charge in [0.25, 0.3) is 0 Å². The van der Waals surface area contributed by atoms with Gasteiger partial charge in [-0.2, -0.15) is 0 Å². The molecular weight excluding hydrogens is 290 g/mol. The van der Waals surface area contributed by atoms with Crippen LogP contribution in [0.25, 0.3) is 0 Å². The molecule has 5 nitrogen and oxygen atoms in total. The molecule has 0 aliphatic carbocycles. The number of fused-ring (bicyclic) bond motifs is 1. The Morgan fingerprint density at radius 1 is 1.22 bits per heavy atom. The Morgan fingerprint density at radius 3 is 2.96 bits per heavy atom. The van der Waals surface area contributed by atoms with Crippen molar-refractivity contribution in [3.63, 3.8) is 0 Å². The second kappa shape index (κ2) is 8.20. The summed E-state index contributed by atoms with van der Waals surface area (Å²) in [7, 11) is 0. The molecule has 2 aliphatic rings. The van der Waals surface area contributed by atoms with E-state index in [1.165, 1.54) is 5.56 Å². The molecule has 1 aromatic rings. The number of para-hydroxylation sites is 1. The van der Waals surface area contributed by atoms with Crippen LogP contribution < -0.4 is 15.4 Å². The predicted octanol–water partition coefficient (Wildman–Crippen LogP) is 2.29. The van der Waals surface area contributed by atoms with Crippen LogP contribution in [0.4, 0.5) is 0 Å². The minimum absolute atomic E-state index is 0.286. The van der Waals surface area contributed by atoms with Crippen molar-refractivity contribution in [2.75, 3.05) is 32.8 Å². The van der Waals surface area contributed by atoms with E-state index in [-0.39, 0.29) is 6.10 Å². The largest absolute Gasteiger partial charge is 0.493 e. The van der Waals surface area contributed by atoms with Gasteiger partial charge in [0, 0.05) is 25.6 Å². The minimum atomic E-state index is 0.286. The van der Waals surface area contributed by atoms with Crippen LogP contribution >= 0.6 is 0 Å². The molecule has 2 atom stereocenters. The highest BCUT2D eigenvalue weighted by Crippen LogP contribution is 2.32. The number of hydrogen-bond acceptors (Lipinski definition) is 3. The van der Waals surface area contributed by atoms with Crippen molar-refractivity contribution in [1.82, 2.24) is 10.6 Å². The molecule has 2 unspecified atom stereocenters. The molecule has 1 saturated heterocycles. The Kier molecular flexibility index (Phi) is 5.75. The van der Waals surface area contributed by atoms with Crippen LogP contribution in [0.1, 0.15) is 37.7 Å². The molecule has 0 spiro atoms. The van der Waals surface area contributed by atoms with Gasteiger partial charge in [-0.3, -0.25) is 4.99 Å². The van der Waals surface area contributed by atoms with Gasteiger partial charge >= 0.3 is 0 Å². The molecule has 2 heterocycles. The van der Waals surface area contributed by atoms with Gasteiger partial charge in [-0.25, -0.2) is 0 Å². The standard InChI is InChI=1S/C18H27N3O2/c1-2-19-18(21-13-15-6-5-10-22-15)20-12-14-9-11-23-17-8-4-3-7-16(14)17/h3-4,7-8,14-15H,2,5-6,9-13H2,1H3,(H2,19,20,21).